The van der Waals surface area contributed by atoms with Crippen molar-refractivity contribution in [3.63, 3.8) is 0 Å². The number of fused-ring (bicyclic) bond motifs is 2. The van der Waals surface area contributed by atoms with Gasteiger partial charge in [-0.05, 0) is 12.1 Å². The molecule has 0 saturated carbocycles. The molecule has 0 amide bonds. The Balaban J connectivity index is 2.08. The van der Waals surface area contributed by atoms with Crippen molar-refractivity contribution in [2.75, 3.05) is 7.05 Å². The Kier molecular flexibility index (Phi) is 2.46. The van der Waals surface area contributed by atoms with Gasteiger partial charge in [0.05, 0.1) is 11.3 Å². The minimum atomic E-state index is -0.309. The highest BCUT2D eigenvalue weighted by Gasteiger charge is 2.49. The van der Waals surface area contributed by atoms with Crippen molar-refractivity contribution in [2.24, 2.45) is 16.4 Å². The van der Waals surface area contributed by atoms with Gasteiger partial charge in [-0.15, -0.1) is 0 Å². The maximum absolute atomic E-state index is 12.7. The number of hydrazone groups is 1. The molecule has 2 atom stereocenters. The fourth-order valence-corrected chi connectivity index (χ4v) is 2.72. The number of nitrogens with zero attached hydrogens (tertiary/aromatic N) is 2. The second-order valence-electron chi connectivity index (χ2n) is 6.16. The number of rotatable bonds is 0. The Labute approximate surface area is 113 Å². The van der Waals surface area contributed by atoms with Gasteiger partial charge < -0.3 is 4.74 Å². The molecule has 19 heavy (non-hydrogen) atoms. The maximum Gasteiger partial charge on any atom is 0.202 e. The zero-order chi connectivity index (χ0) is 13.8. The molecular weight excluding hydrogens is 240 g/mol. The number of ketones is 1. The van der Waals surface area contributed by atoms with Gasteiger partial charge in [0, 0.05) is 12.5 Å². The van der Waals surface area contributed by atoms with E-state index in [1.54, 1.807) is 5.01 Å². The summed E-state index contributed by atoms with van der Waals surface area (Å²) in [5.41, 5.74) is 1.43. The lowest BCUT2D eigenvalue weighted by molar-refractivity contribution is 0.0254. The summed E-state index contributed by atoms with van der Waals surface area (Å²) in [6.07, 6.45) is -0.309. The second-order valence-corrected chi connectivity index (χ2v) is 6.16. The van der Waals surface area contributed by atoms with E-state index in [0.717, 1.165) is 5.71 Å². The molecule has 0 aliphatic carbocycles. The summed E-state index contributed by atoms with van der Waals surface area (Å²) < 4.78 is 5.95. The molecule has 0 spiro atoms. The number of carbonyl (C=O) groups excluding carboxylic acids is 1. The average Bonchev–Trinajstić information content (AvgIpc) is 2.68. The van der Waals surface area contributed by atoms with Crippen LogP contribution >= 0.6 is 0 Å². The molecule has 4 heteroatoms. The molecule has 2 heterocycles. The van der Waals surface area contributed by atoms with Crippen LogP contribution in [0.4, 0.5) is 0 Å². The van der Waals surface area contributed by atoms with Gasteiger partial charge in [-0.3, -0.25) is 9.80 Å². The smallest absolute Gasteiger partial charge is 0.202 e. The molecule has 0 aromatic heterocycles. The summed E-state index contributed by atoms with van der Waals surface area (Å²) in [4.78, 5) is 12.7. The van der Waals surface area contributed by atoms with Crippen LogP contribution in [-0.4, -0.2) is 29.8 Å². The fraction of sp³-hybridized carbons (Fsp3) is 0.467. The monoisotopic (exact) mass is 258 g/mol. The van der Waals surface area contributed by atoms with Crippen LogP contribution in [0.5, 0.6) is 5.75 Å². The van der Waals surface area contributed by atoms with Gasteiger partial charge in [0.25, 0.3) is 0 Å². The minimum absolute atomic E-state index is 0.116. The highest BCUT2D eigenvalue weighted by atomic mass is 16.5. The van der Waals surface area contributed by atoms with Crippen molar-refractivity contribution >= 4 is 11.5 Å². The van der Waals surface area contributed by atoms with Gasteiger partial charge in [-0.2, -0.15) is 5.10 Å². The first kappa shape index (κ1) is 12.2. The third kappa shape index (κ3) is 1.74. The van der Waals surface area contributed by atoms with E-state index < -0.39 is 0 Å². The molecule has 0 saturated heterocycles. The van der Waals surface area contributed by atoms with E-state index >= 15 is 0 Å². The minimum Gasteiger partial charge on any atom is -0.467 e. The molecule has 1 aromatic carbocycles. The molecule has 3 rings (SSSR count). The highest BCUT2D eigenvalue weighted by Crippen LogP contribution is 2.39. The summed E-state index contributed by atoms with van der Waals surface area (Å²) >= 11 is 0. The van der Waals surface area contributed by atoms with E-state index in [2.05, 4.69) is 25.9 Å². The Bertz CT molecular complexity index is 572. The molecule has 2 unspecified atom stereocenters. The van der Waals surface area contributed by atoms with Crippen LogP contribution < -0.4 is 4.74 Å². The Morgan fingerprint density at radius 3 is 2.63 bits per heavy atom. The number of hydrogen-bond donors (Lipinski definition) is 0. The van der Waals surface area contributed by atoms with Crippen LogP contribution in [0.25, 0.3) is 0 Å². The van der Waals surface area contributed by atoms with Crippen LogP contribution in [0.1, 0.15) is 31.1 Å². The van der Waals surface area contributed by atoms with Crippen molar-refractivity contribution in [1.29, 1.82) is 0 Å². The standard InChI is InChI=1S/C15H18N2O2/c1-15(2,3)13-11-12(18)9-7-5-6-8-10(9)19-14(11)17(4)16-13/h5-8,11,14H,1-4H3. The van der Waals surface area contributed by atoms with E-state index in [1.807, 2.05) is 31.3 Å². The number of para-hydroxylation sites is 1. The molecule has 100 valence electrons. The molecule has 2 aliphatic heterocycles. The van der Waals surface area contributed by atoms with E-state index in [4.69, 9.17) is 4.74 Å². The third-order valence-corrected chi connectivity index (χ3v) is 3.66. The maximum atomic E-state index is 12.7. The molecule has 0 bridgehead atoms. The Morgan fingerprint density at radius 1 is 1.26 bits per heavy atom. The lowest BCUT2D eigenvalue weighted by Gasteiger charge is -2.32. The second kappa shape index (κ2) is 3.83. The van der Waals surface area contributed by atoms with Crippen molar-refractivity contribution in [3.05, 3.63) is 29.8 Å². The van der Waals surface area contributed by atoms with E-state index in [0.29, 0.717) is 11.3 Å². The van der Waals surface area contributed by atoms with Gasteiger partial charge in [-0.25, -0.2) is 0 Å². The van der Waals surface area contributed by atoms with Crippen molar-refractivity contribution < 1.29 is 9.53 Å². The highest BCUT2D eigenvalue weighted by molar-refractivity contribution is 6.16. The number of Topliss-reactive ketones (excluding diaryl/α,β-unsaturated/α-hetero) is 1. The quantitative estimate of drug-likeness (QED) is 0.718. The van der Waals surface area contributed by atoms with Crippen LogP contribution in [-0.2, 0) is 0 Å². The fourth-order valence-electron chi connectivity index (χ4n) is 2.72. The van der Waals surface area contributed by atoms with Crippen molar-refractivity contribution in [3.8, 4) is 5.75 Å². The van der Waals surface area contributed by atoms with Gasteiger partial charge in [0.1, 0.15) is 11.7 Å². The SMILES string of the molecule is CN1N=C(C(C)(C)C)C2C(=O)c3ccccc3OC21. The lowest BCUT2D eigenvalue weighted by atomic mass is 9.78. The number of carbonyl (C=O) groups is 1. The molecule has 0 radical (unpaired) electrons. The van der Waals surface area contributed by atoms with Gasteiger partial charge >= 0.3 is 0 Å². The predicted molar refractivity (Wildman–Crippen MR) is 73.3 cm³/mol. The third-order valence-electron chi connectivity index (χ3n) is 3.66. The molecule has 4 nitrogen and oxygen atoms in total. The number of benzene rings is 1. The molecular formula is C15H18N2O2. The van der Waals surface area contributed by atoms with Crippen LogP contribution in [0, 0.1) is 11.3 Å². The van der Waals surface area contributed by atoms with Gasteiger partial charge in [0.15, 0.2) is 5.78 Å². The van der Waals surface area contributed by atoms with E-state index in [1.165, 1.54) is 0 Å². The predicted octanol–water partition coefficient (Wildman–Crippen LogP) is 2.55. The molecule has 0 fully saturated rings. The van der Waals surface area contributed by atoms with Gasteiger partial charge in [0.2, 0.25) is 6.23 Å². The number of hydrogen-bond acceptors (Lipinski definition) is 4. The molecule has 2 aliphatic rings. The first-order chi connectivity index (χ1) is 8.89. The van der Waals surface area contributed by atoms with E-state index in [9.17, 15) is 4.79 Å². The van der Waals surface area contributed by atoms with E-state index in [-0.39, 0.29) is 23.3 Å². The normalized spacial score (nSPS) is 25.6. The Hall–Kier alpha value is -1.84. The zero-order valence-electron chi connectivity index (χ0n) is 11.7. The number of ether oxygens (including phenoxy) is 1. The first-order valence-electron chi connectivity index (χ1n) is 6.51. The lowest BCUT2D eigenvalue weighted by Crippen LogP contribution is -2.46. The van der Waals surface area contributed by atoms with Crippen LogP contribution in [0.15, 0.2) is 29.4 Å². The van der Waals surface area contributed by atoms with Crippen molar-refractivity contribution in [1.82, 2.24) is 5.01 Å². The summed E-state index contributed by atoms with van der Waals surface area (Å²) in [5.74, 6) is 0.482. The summed E-state index contributed by atoms with van der Waals surface area (Å²) in [6, 6.07) is 7.42. The molecule has 0 N–H and O–H groups in total. The van der Waals surface area contributed by atoms with Crippen LogP contribution in [0.3, 0.4) is 0 Å². The average molecular weight is 258 g/mol. The zero-order valence-corrected chi connectivity index (χ0v) is 11.7. The Morgan fingerprint density at radius 2 is 1.95 bits per heavy atom. The summed E-state index contributed by atoms with van der Waals surface area (Å²) in [7, 11) is 1.86. The summed E-state index contributed by atoms with van der Waals surface area (Å²) in [6.45, 7) is 6.24. The van der Waals surface area contributed by atoms with Crippen LogP contribution in [0.2, 0.25) is 0 Å². The largest absolute Gasteiger partial charge is 0.467 e. The first-order valence-corrected chi connectivity index (χ1v) is 6.51. The summed E-state index contributed by atoms with van der Waals surface area (Å²) in [5, 5.41) is 6.30. The topological polar surface area (TPSA) is 41.9 Å². The molecule has 1 aromatic rings. The van der Waals surface area contributed by atoms with Gasteiger partial charge in [-0.1, -0.05) is 32.9 Å². The van der Waals surface area contributed by atoms with Crippen molar-refractivity contribution in [2.45, 2.75) is 27.0 Å².